The van der Waals surface area contributed by atoms with E-state index >= 15 is 0 Å². The molecular formula is C31H28F2N4O6S. The van der Waals surface area contributed by atoms with Gasteiger partial charge in [-0.25, -0.2) is 17.2 Å². The number of nitrogens with zero attached hydrogens (tertiary/aromatic N) is 2. The Kier molecular flexibility index (Phi) is 7.38. The zero-order valence-corrected chi connectivity index (χ0v) is 24.8. The van der Waals surface area contributed by atoms with E-state index < -0.39 is 33.7 Å². The van der Waals surface area contributed by atoms with E-state index in [-0.39, 0.29) is 59.4 Å². The molecule has 3 heterocycles. The number of halogens is 2. The number of para-hydroxylation sites is 1. The molecule has 0 spiro atoms. The predicted molar refractivity (Wildman–Crippen MR) is 161 cm³/mol. The Labute approximate surface area is 251 Å². The van der Waals surface area contributed by atoms with Crippen LogP contribution in [0.4, 0.5) is 14.5 Å². The summed E-state index contributed by atoms with van der Waals surface area (Å²) in [5, 5.41) is 3.54. The Morgan fingerprint density at radius 1 is 1.09 bits per heavy atom. The average Bonchev–Trinajstić information content (AvgIpc) is 3.62. The Balaban J connectivity index is 1.46. The van der Waals surface area contributed by atoms with E-state index in [0.29, 0.717) is 21.9 Å². The highest BCUT2D eigenvalue weighted by Gasteiger charge is 2.32. The number of carbonyl (C=O) groups excluding carboxylic acids is 2. The molecule has 10 nitrogen and oxygen atoms in total. The van der Waals surface area contributed by atoms with E-state index in [1.807, 2.05) is 0 Å². The predicted octanol–water partition coefficient (Wildman–Crippen LogP) is 4.83. The van der Waals surface area contributed by atoms with Crippen molar-refractivity contribution in [1.82, 2.24) is 15.2 Å². The van der Waals surface area contributed by atoms with Crippen LogP contribution in [0.15, 0.2) is 65.1 Å². The summed E-state index contributed by atoms with van der Waals surface area (Å²) in [7, 11) is -0.917. The minimum absolute atomic E-state index is 0.0464. The van der Waals surface area contributed by atoms with Crippen LogP contribution in [0.25, 0.3) is 33.2 Å². The van der Waals surface area contributed by atoms with E-state index in [4.69, 9.17) is 9.15 Å². The summed E-state index contributed by atoms with van der Waals surface area (Å²) in [5.74, 6) is -1.60. The smallest absolute Gasteiger partial charge is 0.270 e. The van der Waals surface area contributed by atoms with Crippen LogP contribution in [0.5, 0.6) is 0 Å². The number of aromatic amines is 1. The fourth-order valence-corrected chi connectivity index (χ4v) is 5.96. The van der Waals surface area contributed by atoms with Crippen LogP contribution in [0.1, 0.15) is 32.5 Å². The first-order chi connectivity index (χ1) is 21.0. The molecule has 44 heavy (non-hydrogen) atoms. The molecule has 6 rings (SSSR count). The molecule has 1 saturated heterocycles. The lowest BCUT2D eigenvalue weighted by molar-refractivity contribution is -0.0226. The van der Waals surface area contributed by atoms with E-state index in [2.05, 4.69) is 10.3 Å². The Bertz CT molecular complexity index is 2040. The third-order valence-corrected chi connectivity index (χ3v) is 8.96. The van der Waals surface area contributed by atoms with Crippen LogP contribution in [-0.2, 0) is 14.8 Å². The lowest BCUT2D eigenvalue weighted by Crippen LogP contribution is -2.42. The molecule has 2 amide bonds. The van der Waals surface area contributed by atoms with Crippen LogP contribution < -0.4 is 9.62 Å². The van der Waals surface area contributed by atoms with Gasteiger partial charge >= 0.3 is 0 Å². The number of sulfonamides is 1. The largest absolute Gasteiger partial charge is 0.455 e. The van der Waals surface area contributed by atoms with Crippen molar-refractivity contribution < 1.29 is 35.9 Å². The van der Waals surface area contributed by atoms with Gasteiger partial charge in [-0.2, -0.15) is 0 Å². The van der Waals surface area contributed by atoms with Crippen molar-refractivity contribution in [2.75, 3.05) is 44.4 Å². The lowest BCUT2D eigenvalue weighted by atomic mass is 9.99. The number of rotatable bonds is 6. The summed E-state index contributed by atoms with van der Waals surface area (Å²) in [4.78, 5) is 31.1. The topological polar surface area (TPSA) is 125 Å². The molecule has 1 aliphatic heterocycles. The Morgan fingerprint density at radius 3 is 2.52 bits per heavy atom. The van der Waals surface area contributed by atoms with Crippen molar-refractivity contribution in [3.63, 3.8) is 0 Å². The van der Waals surface area contributed by atoms with Crippen LogP contribution in [-0.4, -0.2) is 70.2 Å². The van der Waals surface area contributed by atoms with Gasteiger partial charge in [-0.3, -0.25) is 13.9 Å². The molecule has 1 fully saturated rings. The molecule has 13 heteroatoms. The molecule has 0 bridgehead atoms. The van der Waals surface area contributed by atoms with Gasteiger partial charge in [-0.05, 0) is 42.5 Å². The monoisotopic (exact) mass is 622 g/mol. The molecule has 1 aliphatic rings. The molecule has 0 aliphatic carbocycles. The number of ether oxygens (including phenoxy) is 1. The second kappa shape index (κ2) is 11.1. The SMILES string of the molecule is CNC(=O)c1c(-c2ccc(F)cc2)oc2cc(N(C)S(C)(=O)=O)c([C@H]3CN(C(=O)c4cc5cccc(F)c5[nH]4)CCO3)cc12. The first kappa shape index (κ1) is 29.3. The average molecular weight is 623 g/mol. The number of benzene rings is 3. The number of aromatic nitrogens is 1. The summed E-state index contributed by atoms with van der Waals surface area (Å²) in [6, 6.07) is 14.7. The van der Waals surface area contributed by atoms with Gasteiger partial charge in [0.05, 0.1) is 36.2 Å². The fraction of sp³-hybridized carbons (Fsp3) is 0.226. The number of carbonyl (C=O) groups is 2. The highest BCUT2D eigenvalue weighted by Crippen LogP contribution is 2.41. The summed E-state index contributed by atoms with van der Waals surface area (Å²) in [5.41, 5.74) is 1.91. The van der Waals surface area contributed by atoms with Crippen molar-refractivity contribution in [1.29, 1.82) is 0 Å². The quantitative estimate of drug-likeness (QED) is 0.280. The molecule has 2 aromatic heterocycles. The number of hydrogen-bond donors (Lipinski definition) is 2. The van der Waals surface area contributed by atoms with Gasteiger partial charge in [0, 0.05) is 48.6 Å². The van der Waals surface area contributed by atoms with Crippen LogP contribution in [0.3, 0.4) is 0 Å². The van der Waals surface area contributed by atoms with Gasteiger partial charge < -0.3 is 24.4 Å². The molecule has 5 aromatic rings. The van der Waals surface area contributed by atoms with Gasteiger partial charge in [0.2, 0.25) is 10.0 Å². The number of anilines is 1. The normalized spacial score (nSPS) is 15.6. The van der Waals surface area contributed by atoms with Crippen LogP contribution >= 0.6 is 0 Å². The number of furan rings is 1. The van der Waals surface area contributed by atoms with Gasteiger partial charge in [0.1, 0.15) is 34.8 Å². The third kappa shape index (κ3) is 5.18. The van der Waals surface area contributed by atoms with E-state index in [0.717, 1.165) is 10.6 Å². The number of amides is 2. The maximum Gasteiger partial charge on any atom is 0.270 e. The number of nitrogens with one attached hydrogen (secondary N) is 2. The van der Waals surface area contributed by atoms with Gasteiger partial charge in [0.25, 0.3) is 11.8 Å². The van der Waals surface area contributed by atoms with Gasteiger partial charge in [-0.15, -0.1) is 0 Å². The highest BCUT2D eigenvalue weighted by molar-refractivity contribution is 7.92. The highest BCUT2D eigenvalue weighted by atomic mass is 32.2. The van der Waals surface area contributed by atoms with Crippen LogP contribution in [0, 0.1) is 11.6 Å². The first-order valence-corrected chi connectivity index (χ1v) is 15.5. The summed E-state index contributed by atoms with van der Waals surface area (Å²) in [6.45, 7) is 0.431. The number of fused-ring (bicyclic) bond motifs is 2. The van der Waals surface area contributed by atoms with E-state index in [9.17, 15) is 26.8 Å². The van der Waals surface area contributed by atoms with Crippen molar-refractivity contribution in [3.05, 3.63) is 89.1 Å². The zero-order chi connectivity index (χ0) is 31.3. The van der Waals surface area contributed by atoms with Gasteiger partial charge in [0.15, 0.2) is 0 Å². The lowest BCUT2D eigenvalue weighted by Gasteiger charge is -2.34. The van der Waals surface area contributed by atoms with Crippen LogP contribution in [0.2, 0.25) is 0 Å². The van der Waals surface area contributed by atoms with Crippen molar-refractivity contribution >= 4 is 49.4 Å². The maximum atomic E-state index is 14.3. The molecule has 3 aromatic carbocycles. The Hall–Kier alpha value is -4.75. The molecule has 228 valence electrons. The standard InChI is InChI=1S/C31H28F2N4O6S/c1-34-30(38)27-21-14-20(24(36(2)44(3,40)41)15-25(21)43-29(27)17-7-9-19(32)10-8-17)26-16-37(11-12-42-26)31(39)23-13-18-5-4-6-22(33)28(18)35-23/h4-10,13-15,26,35H,11-12,16H2,1-3H3,(H,34,38)/t26-/m1/s1. The summed E-state index contributed by atoms with van der Waals surface area (Å²) >= 11 is 0. The maximum absolute atomic E-state index is 14.3. The minimum Gasteiger partial charge on any atom is -0.455 e. The second-order valence-corrected chi connectivity index (χ2v) is 12.5. The third-order valence-electron chi connectivity index (χ3n) is 7.77. The number of morpholine rings is 1. The van der Waals surface area contributed by atoms with Crippen molar-refractivity contribution in [2.24, 2.45) is 0 Å². The number of hydrogen-bond acceptors (Lipinski definition) is 6. The molecule has 0 radical (unpaired) electrons. The molecule has 0 saturated carbocycles. The van der Waals surface area contributed by atoms with Gasteiger partial charge in [-0.1, -0.05) is 12.1 Å². The molecular weight excluding hydrogens is 594 g/mol. The van der Waals surface area contributed by atoms with E-state index in [1.165, 1.54) is 50.5 Å². The Morgan fingerprint density at radius 2 is 1.84 bits per heavy atom. The van der Waals surface area contributed by atoms with Crippen molar-refractivity contribution in [3.8, 4) is 11.3 Å². The molecule has 2 N–H and O–H groups in total. The fourth-order valence-electron chi connectivity index (χ4n) is 5.44. The zero-order valence-electron chi connectivity index (χ0n) is 24.0. The molecule has 0 unspecified atom stereocenters. The first-order valence-electron chi connectivity index (χ1n) is 13.7. The van der Waals surface area contributed by atoms with Crippen molar-refractivity contribution in [2.45, 2.75) is 6.10 Å². The summed E-state index contributed by atoms with van der Waals surface area (Å²) < 4.78 is 66.7. The second-order valence-electron chi connectivity index (χ2n) is 10.5. The van der Waals surface area contributed by atoms with E-state index in [1.54, 1.807) is 29.2 Å². The summed E-state index contributed by atoms with van der Waals surface area (Å²) in [6.07, 6.45) is 0.259. The number of H-pyrrole nitrogens is 1. The minimum atomic E-state index is -3.76. The molecule has 1 atom stereocenters.